The summed E-state index contributed by atoms with van der Waals surface area (Å²) in [5.74, 6) is 1.95. The topological polar surface area (TPSA) is 76.6 Å². The zero-order chi connectivity index (χ0) is 20.8. The van der Waals surface area contributed by atoms with Gasteiger partial charge in [0.1, 0.15) is 11.5 Å². The molecule has 1 fully saturated rings. The Labute approximate surface area is 175 Å². The van der Waals surface area contributed by atoms with Crippen molar-refractivity contribution in [1.29, 1.82) is 0 Å². The first-order valence-corrected chi connectivity index (χ1v) is 9.97. The molecule has 0 radical (unpaired) electrons. The highest BCUT2D eigenvalue weighted by molar-refractivity contribution is 5.92. The van der Waals surface area contributed by atoms with Gasteiger partial charge >= 0.3 is 0 Å². The normalized spacial score (nSPS) is 13.2. The monoisotopic (exact) mass is 404 g/mol. The average molecular weight is 404 g/mol. The molecule has 1 amide bonds. The maximum atomic E-state index is 12.2. The SMILES string of the molecule is COc1cccc(OCC(=O)Nc2ccc(-c3ccc(N4CCCC4)nn3)cc2)c1. The zero-order valence-electron chi connectivity index (χ0n) is 16.9. The Balaban J connectivity index is 1.32. The van der Waals surface area contributed by atoms with Crippen LogP contribution in [0.1, 0.15) is 12.8 Å². The van der Waals surface area contributed by atoms with E-state index in [2.05, 4.69) is 20.4 Å². The fourth-order valence-corrected chi connectivity index (χ4v) is 3.36. The minimum absolute atomic E-state index is 0.0850. The molecule has 1 N–H and O–H groups in total. The largest absolute Gasteiger partial charge is 0.497 e. The summed E-state index contributed by atoms with van der Waals surface area (Å²) in [4.78, 5) is 14.4. The molecule has 0 saturated carbocycles. The number of nitrogens with one attached hydrogen (secondary N) is 1. The lowest BCUT2D eigenvalue weighted by molar-refractivity contribution is -0.118. The summed E-state index contributed by atoms with van der Waals surface area (Å²) in [5.41, 5.74) is 2.44. The summed E-state index contributed by atoms with van der Waals surface area (Å²) in [6.45, 7) is 2.01. The first kappa shape index (κ1) is 19.7. The first-order chi connectivity index (χ1) is 14.7. The molecule has 7 nitrogen and oxygen atoms in total. The fraction of sp³-hybridized carbons (Fsp3) is 0.261. The van der Waals surface area contributed by atoms with E-state index >= 15 is 0 Å². The number of rotatable bonds is 7. The summed E-state index contributed by atoms with van der Waals surface area (Å²) >= 11 is 0. The number of amides is 1. The molecule has 0 aliphatic carbocycles. The maximum Gasteiger partial charge on any atom is 0.262 e. The van der Waals surface area contributed by atoms with Crippen LogP contribution in [0.2, 0.25) is 0 Å². The minimum atomic E-state index is -0.236. The number of carbonyl (C=O) groups is 1. The highest BCUT2D eigenvalue weighted by Crippen LogP contribution is 2.23. The van der Waals surface area contributed by atoms with Gasteiger partial charge in [-0.3, -0.25) is 4.79 Å². The second-order valence-corrected chi connectivity index (χ2v) is 7.06. The molecule has 1 aliphatic rings. The lowest BCUT2D eigenvalue weighted by atomic mass is 10.1. The summed E-state index contributed by atoms with van der Waals surface area (Å²) in [6.07, 6.45) is 2.42. The van der Waals surface area contributed by atoms with Gasteiger partial charge in [0, 0.05) is 30.4 Å². The summed E-state index contributed by atoms with van der Waals surface area (Å²) in [7, 11) is 1.59. The van der Waals surface area contributed by atoms with Crippen molar-refractivity contribution < 1.29 is 14.3 Å². The molecule has 0 unspecified atom stereocenters. The van der Waals surface area contributed by atoms with Gasteiger partial charge in [-0.2, -0.15) is 0 Å². The van der Waals surface area contributed by atoms with Gasteiger partial charge in [0.15, 0.2) is 12.4 Å². The van der Waals surface area contributed by atoms with Gasteiger partial charge in [0.25, 0.3) is 5.91 Å². The average Bonchev–Trinajstić information content (AvgIpc) is 3.34. The van der Waals surface area contributed by atoms with Crippen LogP contribution in [-0.2, 0) is 4.79 Å². The van der Waals surface area contributed by atoms with Gasteiger partial charge in [0.05, 0.1) is 12.8 Å². The van der Waals surface area contributed by atoms with Crippen molar-refractivity contribution in [3.63, 3.8) is 0 Å². The van der Waals surface area contributed by atoms with E-state index in [4.69, 9.17) is 9.47 Å². The number of benzene rings is 2. The Kier molecular flexibility index (Phi) is 6.08. The molecule has 3 aromatic rings. The number of ether oxygens (including phenoxy) is 2. The third kappa shape index (κ3) is 4.86. The molecule has 4 rings (SSSR count). The number of aromatic nitrogens is 2. The predicted molar refractivity (Wildman–Crippen MR) is 116 cm³/mol. The number of hydrogen-bond donors (Lipinski definition) is 1. The van der Waals surface area contributed by atoms with Crippen molar-refractivity contribution in [3.05, 3.63) is 60.7 Å². The minimum Gasteiger partial charge on any atom is -0.497 e. The van der Waals surface area contributed by atoms with Crippen LogP contribution in [0.4, 0.5) is 11.5 Å². The smallest absolute Gasteiger partial charge is 0.262 e. The molecule has 2 aromatic carbocycles. The number of anilines is 2. The molecule has 154 valence electrons. The number of nitrogens with zero attached hydrogens (tertiary/aromatic N) is 3. The van der Waals surface area contributed by atoms with Gasteiger partial charge in [-0.15, -0.1) is 10.2 Å². The summed E-state index contributed by atoms with van der Waals surface area (Å²) in [6, 6.07) is 18.7. The van der Waals surface area contributed by atoms with Crippen LogP contribution < -0.4 is 19.7 Å². The lowest BCUT2D eigenvalue weighted by Gasteiger charge is -2.15. The maximum absolute atomic E-state index is 12.2. The van der Waals surface area contributed by atoms with Crippen LogP contribution >= 0.6 is 0 Å². The summed E-state index contributed by atoms with van der Waals surface area (Å²) in [5, 5.41) is 11.5. The van der Waals surface area contributed by atoms with Crippen LogP contribution in [0.3, 0.4) is 0 Å². The van der Waals surface area contributed by atoms with Gasteiger partial charge in [0.2, 0.25) is 0 Å². The Hall–Kier alpha value is -3.61. The Morgan fingerprint density at radius 2 is 1.77 bits per heavy atom. The highest BCUT2D eigenvalue weighted by atomic mass is 16.5. The molecular formula is C23H24N4O3. The molecule has 30 heavy (non-hydrogen) atoms. The van der Waals surface area contributed by atoms with Crippen molar-refractivity contribution in [3.8, 4) is 22.8 Å². The highest BCUT2D eigenvalue weighted by Gasteiger charge is 2.14. The van der Waals surface area contributed by atoms with Crippen LogP contribution in [0, 0.1) is 0 Å². The standard InChI is InChI=1S/C23H24N4O3/c1-29-19-5-4-6-20(15-19)30-16-23(28)24-18-9-7-17(8-10-18)21-11-12-22(26-25-21)27-13-2-3-14-27/h4-12,15H,2-3,13-14,16H2,1H3,(H,24,28). The lowest BCUT2D eigenvalue weighted by Crippen LogP contribution is -2.20. The van der Waals surface area contributed by atoms with Crippen LogP contribution in [0.25, 0.3) is 11.3 Å². The fourth-order valence-electron chi connectivity index (χ4n) is 3.36. The molecule has 2 heterocycles. The van der Waals surface area contributed by atoms with Gasteiger partial charge < -0.3 is 19.7 Å². The quantitative estimate of drug-likeness (QED) is 0.646. The van der Waals surface area contributed by atoms with Crippen molar-refractivity contribution in [2.24, 2.45) is 0 Å². The number of hydrogen-bond acceptors (Lipinski definition) is 6. The van der Waals surface area contributed by atoms with E-state index in [1.54, 1.807) is 19.2 Å². The number of methoxy groups -OCH3 is 1. The number of carbonyl (C=O) groups excluding carboxylic acids is 1. The van der Waals surface area contributed by atoms with E-state index in [-0.39, 0.29) is 12.5 Å². The van der Waals surface area contributed by atoms with Crippen molar-refractivity contribution >= 4 is 17.4 Å². The van der Waals surface area contributed by atoms with E-state index in [1.165, 1.54) is 12.8 Å². The zero-order valence-corrected chi connectivity index (χ0v) is 16.9. The predicted octanol–water partition coefficient (Wildman–Crippen LogP) is 3.77. The molecule has 0 atom stereocenters. The van der Waals surface area contributed by atoms with Crippen molar-refractivity contribution in [2.45, 2.75) is 12.8 Å². The van der Waals surface area contributed by atoms with Crippen LogP contribution in [-0.4, -0.2) is 42.9 Å². The van der Waals surface area contributed by atoms with Crippen molar-refractivity contribution in [2.75, 3.05) is 37.0 Å². The van der Waals surface area contributed by atoms with E-state index in [1.807, 2.05) is 48.5 Å². The van der Waals surface area contributed by atoms with E-state index in [0.717, 1.165) is 30.2 Å². The van der Waals surface area contributed by atoms with Crippen molar-refractivity contribution in [1.82, 2.24) is 10.2 Å². The second kappa shape index (κ2) is 9.26. The van der Waals surface area contributed by atoms with E-state index < -0.39 is 0 Å². The Morgan fingerprint density at radius 1 is 1.00 bits per heavy atom. The molecule has 1 aromatic heterocycles. The van der Waals surface area contributed by atoms with E-state index in [0.29, 0.717) is 17.2 Å². The first-order valence-electron chi connectivity index (χ1n) is 9.97. The van der Waals surface area contributed by atoms with Gasteiger partial charge in [-0.1, -0.05) is 18.2 Å². The van der Waals surface area contributed by atoms with Gasteiger partial charge in [-0.25, -0.2) is 0 Å². The third-order valence-corrected chi connectivity index (χ3v) is 4.96. The van der Waals surface area contributed by atoms with Crippen LogP contribution in [0.5, 0.6) is 11.5 Å². The third-order valence-electron chi connectivity index (χ3n) is 4.96. The molecule has 0 spiro atoms. The van der Waals surface area contributed by atoms with Crippen LogP contribution in [0.15, 0.2) is 60.7 Å². The Morgan fingerprint density at radius 3 is 2.47 bits per heavy atom. The second-order valence-electron chi connectivity index (χ2n) is 7.06. The molecular weight excluding hydrogens is 380 g/mol. The van der Waals surface area contributed by atoms with Gasteiger partial charge in [-0.05, 0) is 49.2 Å². The summed E-state index contributed by atoms with van der Waals surface area (Å²) < 4.78 is 10.7. The molecule has 0 bridgehead atoms. The molecule has 1 saturated heterocycles. The Bertz CT molecular complexity index is 984. The van der Waals surface area contributed by atoms with E-state index in [9.17, 15) is 4.79 Å². The molecule has 1 aliphatic heterocycles. The molecule has 7 heteroatoms.